The molecule has 0 bridgehead atoms. The molecule has 2 N–H and O–H groups in total. The molecule has 0 aliphatic carbocycles. The average molecular weight is 336 g/mol. The number of rotatable bonds is 5. The van der Waals surface area contributed by atoms with Crippen LogP contribution >= 0.6 is 22.7 Å². The highest BCUT2D eigenvalue weighted by molar-refractivity contribution is 7.15. The van der Waals surface area contributed by atoms with Crippen LogP contribution in [0.3, 0.4) is 0 Å². The molecule has 3 heterocycles. The van der Waals surface area contributed by atoms with E-state index in [9.17, 15) is 9.59 Å². The molecule has 2 aromatic rings. The van der Waals surface area contributed by atoms with Gasteiger partial charge in [-0.25, -0.2) is 0 Å². The van der Waals surface area contributed by atoms with Crippen molar-refractivity contribution in [2.75, 3.05) is 18.5 Å². The monoisotopic (exact) mass is 336 g/mol. The van der Waals surface area contributed by atoms with Crippen molar-refractivity contribution in [1.29, 1.82) is 0 Å². The van der Waals surface area contributed by atoms with E-state index in [-0.39, 0.29) is 17.9 Å². The SMILES string of the molecule is O=C(Nc1sccc1C(=O)NCC1CCCO1)c1cccs1. The van der Waals surface area contributed by atoms with E-state index in [1.807, 2.05) is 11.4 Å². The normalized spacial score (nSPS) is 17.4. The van der Waals surface area contributed by atoms with Crippen LogP contribution in [-0.4, -0.2) is 31.1 Å². The number of ether oxygens (including phenoxy) is 1. The number of thiophene rings is 2. The molecule has 1 aliphatic heterocycles. The summed E-state index contributed by atoms with van der Waals surface area (Å²) in [6, 6.07) is 5.30. The van der Waals surface area contributed by atoms with Gasteiger partial charge in [0.15, 0.2) is 0 Å². The fourth-order valence-electron chi connectivity index (χ4n) is 2.26. The largest absolute Gasteiger partial charge is 0.376 e. The molecule has 5 nitrogen and oxygen atoms in total. The van der Waals surface area contributed by atoms with Gasteiger partial charge in [-0.3, -0.25) is 9.59 Å². The molecule has 2 aromatic heterocycles. The quantitative estimate of drug-likeness (QED) is 0.882. The molecular formula is C15H16N2O3S2. The molecule has 0 radical (unpaired) electrons. The maximum absolute atomic E-state index is 12.2. The van der Waals surface area contributed by atoms with Crippen molar-refractivity contribution in [3.63, 3.8) is 0 Å². The van der Waals surface area contributed by atoms with Gasteiger partial charge >= 0.3 is 0 Å². The summed E-state index contributed by atoms with van der Waals surface area (Å²) in [7, 11) is 0. The third-order valence-electron chi connectivity index (χ3n) is 3.40. The first-order valence-electron chi connectivity index (χ1n) is 7.06. The minimum absolute atomic E-state index is 0.103. The summed E-state index contributed by atoms with van der Waals surface area (Å²) in [6.07, 6.45) is 2.12. The first kappa shape index (κ1) is 15.2. The second-order valence-corrected chi connectivity index (χ2v) is 6.80. The van der Waals surface area contributed by atoms with Gasteiger partial charge in [0.1, 0.15) is 5.00 Å². The molecule has 22 heavy (non-hydrogen) atoms. The lowest BCUT2D eigenvalue weighted by Gasteiger charge is -2.11. The zero-order valence-corrected chi connectivity index (χ0v) is 13.5. The lowest BCUT2D eigenvalue weighted by atomic mass is 10.2. The molecule has 0 saturated carbocycles. The number of carbonyl (C=O) groups is 2. The maximum Gasteiger partial charge on any atom is 0.266 e. The molecule has 7 heteroatoms. The van der Waals surface area contributed by atoms with Crippen LogP contribution in [0, 0.1) is 0 Å². The molecule has 3 rings (SSSR count). The van der Waals surface area contributed by atoms with Gasteiger partial charge < -0.3 is 15.4 Å². The van der Waals surface area contributed by atoms with Crippen LogP contribution in [0.1, 0.15) is 32.9 Å². The van der Waals surface area contributed by atoms with Crippen molar-refractivity contribution < 1.29 is 14.3 Å². The highest BCUT2D eigenvalue weighted by Crippen LogP contribution is 2.24. The van der Waals surface area contributed by atoms with Crippen molar-refractivity contribution in [1.82, 2.24) is 5.32 Å². The summed E-state index contributed by atoms with van der Waals surface area (Å²) < 4.78 is 5.48. The molecule has 116 valence electrons. The summed E-state index contributed by atoms with van der Waals surface area (Å²) in [5.74, 6) is -0.371. The predicted molar refractivity (Wildman–Crippen MR) is 87.9 cm³/mol. The Hall–Kier alpha value is -1.70. The van der Waals surface area contributed by atoms with Gasteiger partial charge in [0.05, 0.1) is 16.5 Å². The van der Waals surface area contributed by atoms with E-state index >= 15 is 0 Å². The van der Waals surface area contributed by atoms with Gasteiger partial charge in [-0.15, -0.1) is 22.7 Å². The maximum atomic E-state index is 12.2. The number of amides is 2. The Labute approximate surface area is 136 Å². The topological polar surface area (TPSA) is 67.4 Å². The van der Waals surface area contributed by atoms with Crippen molar-refractivity contribution in [3.8, 4) is 0 Å². The van der Waals surface area contributed by atoms with Crippen LogP contribution < -0.4 is 10.6 Å². The number of nitrogens with one attached hydrogen (secondary N) is 2. The van der Waals surface area contributed by atoms with E-state index in [1.165, 1.54) is 22.7 Å². The van der Waals surface area contributed by atoms with E-state index < -0.39 is 0 Å². The van der Waals surface area contributed by atoms with E-state index in [0.717, 1.165) is 19.4 Å². The van der Waals surface area contributed by atoms with E-state index in [4.69, 9.17) is 4.74 Å². The van der Waals surface area contributed by atoms with Crippen molar-refractivity contribution in [3.05, 3.63) is 39.4 Å². The van der Waals surface area contributed by atoms with Gasteiger partial charge in [0, 0.05) is 13.2 Å². The molecule has 1 fully saturated rings. The molecule has 1 unspecified atom stereocenters. The predicted octanol–water partition coefficient (Wildman–Crippen LogP) is 2.97. The molecule has 1 aliphatic rings. The first-order chi connectivity index (χ1) is 10.7. The minimum Gasteiger partial charge on any atom is -0.376 e. The number of anilines is 1. The zero-order valence-electron chi connectivity index (χ0n) is 11.8. The van der Waals surface area contributed by atoms with Gasteiger partial charge in [-0.2, -0.15) is 0 Å². The summed E-state index contributed by atoms with van der Waals surface area (Å²) >= 11 is 2.71. The van der Waals surface area contributed by atoms with Crippen molar-refractivity contribution in [2.24, 2.45) is 0 Å². The van der Waals surface area contributed by atoms with Crippen LogP contribution in [0.25, 0.3) is 0 Å². The first-order valence-corrected chi connectivity index (χ1v) is 8.82. The summed E-state index contributed by atoms with van der Waals surface area (Å²) in [5.41, 5.74) is 0.493. The van der Waals surface area contributed by atoms with E-state index in [0.29, 0.717) is 22.0 Å². The van der Waals surface area contributed by atoms with Gasteiger partial charge in [0.25, 0.3) is 11.8 Å². The third kappa shape index (κ3) is 3.55. The number of carbonyl (C=O) groups excluding carboxylic acids is 2. The Morgan fingerprint density at radius 2 is 2.14 bits per heavy atom. The van der Waals surface area contributed by atoms with Crippen LogP contribution in [0.15, 0.2) is 29.0 Å². The molecule has 2 amide bonds. The highest BCUT2D eigenvalue weighted by atomic mass is 32.1. The molecular weight excluding hydrogens is 320 g/mol. The second kappa shape index (κ2) is 7.04. The minimum atomic E-state index is -0.189. The van der Waals surface area contributed by atoms with Crippen LogP contribution in [-0.2, 0) is 4.74 Å². The van der Waals surface area contributed by atoms with Gasteiger partial charge in [-0.05, 0) is 35.7 Å². The summed E-state index contributed by atoms with van der Waals surface area (Å²) in [6.45, 7) is 1.27. The Bertz CT molecular complexity index is 646. The Morgan fingerprint density at radius 3 is 2.86 bits per heavy atom. The van der Waals surface area contributed by atoms with E-state index in [2.05, 4.69) is 10.6 Å². The van der Waals surface area contributed by atoms with Crippen LogP contribution in [0.5, 0.6) is 0 Å². The van der Waals surface area contributed by atoms with Gasteiger partial charge in [0.2, 0.25) is 0 Å². The molecule has 1 atom stereocenters. The number of hydrogen-bond donors (Lipinski definition) is 2. The van der Waals surface area contributed by atoms with Gasteiger partial charge in [-0.1, -0.05) is 6.07 Å². The molecule has 0 spiro atoms. The average Bonchev–Trinajstić information content (AvgIpc) is 3.25. The zero-order chi connectivity index (χ0) is 15.4. The highest BCUT2D eigenvalue weighted by Gasteiger charge is 2.19. The Kier molecular flexibility index (Phi) is 4.87. The number of hydrogen-bond acceptors (Lipinski definition) is 5. The lowest BCUT2D eigenvalue weighted by molar-refractivity contribution is 0.0859. The van der Waals surface area contributed by atoms with Crippen LogP contribution in [0.2, 0.25) is 0 Å². The standard InChI is InChI=1S/C15H16N2O3S2/c18-13(16-9-10-3-1-6-20-10)11-5-8-22-15(11)17-14(19)12-4-2-7-21-12/h2,4-5,7-8,10H,1,3,6,9H2,(H,16,18)(H,17,19). The fraction of sp³-hybridized carbons (Fsp3) is 0.333. The van der Waals surface area contributed by atoms with Crippen molar-refractivity contribution in [2.45, 2.75) is 18.9 Å². The lowest BCUT2D eigenvalue weighted by Crippen LogP contribution is -2.32. The fourth-order valence-corrected chi connectivity index (χ4v) is 3.66. The van der Waals surface area contributed by atoms with Crippen molar-refractivity contribution >= 4 is 39.5 Å². The summed E-state index contributed by atoms with van der Waals surface area (Å²) in [4.78, 5) is 24.9. The van der Waals surface area contributed by atoms with Crippen LogP contribution in [0.4, 0.5) is 5.00 Å². The summed E-state index contributed by atoms with van der Waals surface area (Å²) in [5, 5.41) is 9.88. The molecule has 1 saturated heterocycles. The Morgan fingerprint density at radius 1 is 1.23 bits per heavy atom. The molecule has 0 aromatic carbocycles. The smallest absolute Gasteiger partial charge is 0.266 e. The second-order valence-electron chi connectivity index (χ2n) is 4.94. The third-order valence-corrected chi connectivity index (χ3v) is 5.09. The Balaban J connectivity index is 1.61. The van der Waals surface area contributed by atoms with E-state index in [1.54, 1.807) is 17.5 Å².